The highest BCUT2D eigenvalue weighted by Gasteiger charge is 2.40. The van der Waals surface area contributed by atoms with Crippen LogP contribution in [-0.2, 0) is 9.59 Å². The fourth-order valence-corrected chi connectivity index (χ4v) is 1.67. The standard InChI is InChI=1S/C12H18N2O2/c1-6-12(4,5)14-7-9(15)13-10(8(2)3)11(14)16/h1,8,10H,7H2,2-5H3,(H,13,15). The fraction of sp³-hybridized carbons (Fsp3) is 0.667. The van der Waals surface area contributed by atoms with E-state index in [0.29, 0.717) is 0 Å². The normalized spacial score (nSPS) is 22.0. The second-order valence-electron chi connectivity index (χ2n) is 4.92. The third-order valence-electron chi connectivity index (χ3n) is 2.84. The summed E-state index contributed by atoms with van der Waals surface area (Å²) in [6.45, 7) is 7.37. The van der Waals surface area contributed by atoms with E-state index in [4.69, 9.17) is 6.42 Å². The average Bonchev–Trinajstić information content (AvgIpc) is 2.20. The van der Waals surface area contributed by atoms with Crippen LogP contribution < -0.4 is 5.32 Å². The van der Waals surface area contributed by atoms with Gasteiger partial charge in [0.1, 0.15) is 12.6 Å². The number of nitrogens with one attached hydrogen (secondary N) is 1. The molecule has 2 amide bonds. The number of nitrogens with zero attached hydrogens (tertiary/aromatic N) is 1. The first-order valence-electron chi connectivity index (χ1n) is 5.38. The van der Waals surface area contributed by atoms with Crippen LogP contribution >= 0.6 is 0 Å². The van der Waals surface area contributed by atoms with Crippen molar-refractivity contribution in [3.63, 3.8) is 0 Å². The fourth-order valence-electron chi connectivity index (χ4n) is 1.67. The zero-order valence-electron chi connectivity index (χ0n) is 10.2. The lowest BCUT2D eigenvalue weighted by molar-refractivity contribution is -0.149. The molecule has 0 radical (unpaired) electrons. The first kappa shape index (κ1) is 12.6. The quantitative estimate of drug-likeness (QED) is 0.687. The van der Waals surface area contributed by atoms with Crippen molar-refractivity contribution < 1.29 is 9.59 Å². The van der Waals surface area contributed by atoms with E-state index in [1.54, 1.807) is 13.8 Å². The van der Waals surface area contributed by atoms with Crippen LogP contribution in [0.3, 0.4) is 0 Å². The van der Waals surface area contributed by atoms with Crippen molar-refractivity contribution >= 4 is 11.8 Å². The summed E-state index contributed by atoms with van der Waals surface area (Å²) in [6, 6.07) is -0.464. The van der Waals surface area contributed by atoms with E-state index < -0.39 is 11.6 Å². The molecule has 0 aromatic rings. The van der Waals surface area contributed by atoms with Crippen LogP contribution in [0.5, 0.6) is 0 Å². The summed E-state index contributed by atoms with van der Waals surface area (Å²) in [6.07, 6.45) is 5.39. The van der Waals surface area contributed by atoms with Gasteiger partial charge in [-0.15, -0.1) is 6.42 Å². The van der Waals surface area contributed by atoms with Gasteiger partial charge >= 0.3 is 0 Å². The summed E-state index contributed by atoms with van der Waals surface area (Å²) < 4.78 is 0. The van der Waals surface area contributed by atoms with Crippen molar-refractivity contribution in [2.45, 2.75) is 39.3 Å². The van der Waals surface area contributed by atoms with Gasteiger partial charge in [0, 0.05) is 0 Å². The van der Waals surface area contributed by atoms with Gasteiger partial charge in [-0.25, -0.2) is 0 Å². The zero-order chi connectivity index (χ0) is 12.5. The van der Waals surface area contributed by atoms with Crippen molar-refractivity contribution in [2.24, 2.45) is 5.92 Å². The Morgan fingerprint density at radius 1 is 1.50 bits per heavy atom. The van der Waals surface area contributed by atoms with Crippen LogP contribution in [0.15, 0.2) is 0 Å². The number of amides is 2. The Kier molecular flexibility index (Phi) is 3.27. The van der Waals surface area contributed by atoms with Crippen molar-refractivity contribution in [1.82, 2.24) is 10.2 Å². The van der Waals surface area contributed by atoms with Gasteiger partial charge < -0.3 is 10.2 Å². The predicted molar refractivity (Wildman–Crippen MR) is 61.4 cm³/mol. The van der Waals surface area contributed by atoms with Gasteiger partial charge in [0.05, 0.1) is 5.54 Å². The van der Waals surface area contributed by atoms with E-state index in [1.807, 2.05) is 13.8 Å². The highest BCUT2D eigenvalue weighted by Crippen LogP contribution is 2.19. The maximum absolute atomic E-state index is 12.1. The molecule has 1 unspecified atom stereocenters. The smallest absolute Gasteiger partial charge is 0.247 e. The molecule has 1 rings (SSSR count). The average molecular weight is 222 g/mol. The molecule has 0 saturated carbocycles. The lowest BCUT2D eigenvalue weighted by Crippen LogP contribution is -2.64. The van der Waals surface area contributed by atoms with Crippen molar-refractivity contribution in [3.8, 4) is 12.3 Å². The van der Waals surface area contributed by atoms with Gasteiger partial charge in [-0.05, 0) is 19.8 Å². The minimum absolute atomic E-state index is 0.0409. The van der Waals surface area contributed by atoms with Crippen LogP contribution in [0.2, 0.25) is 0 Å². The zero-order valence-corrected chi connectivity index (χ0v) is 10.2. The summed E-state index contributed by atoms with van der Waals surface area (Å²) in [5.74, 6) is 2.36. The van der Waals surface area contributed by atoms with Gasteiger partial charge in [-0.2, -0.15) is 0 Å². The highest BCUT2D eigenvalue weighted by atomic mass is 16.2. The lowest BCUT2D eigenvalue weighted by Gasteiger charge is -2.41. The molecule has 1 fully saturated rings. The van der Waals surface area contributed by atoms with Gasteiger partial charge in [0.15, 0.2) is 0 Å². The largest absolute Gasteiger partial charge is 0.343 e. The van der Waals surface area contributed by atoms with Crippen LogP contribution in [0, 0.1) is 18.3 Å². The molecule has 0 spiro atoms. The molecule has 1 aliphatic heterocycles. The Balaban J connectivity index is 3.00. The molecule has 1 aliphatic rings. The SMILES string of the molecule is C#CC(C)(C)N1CC(=O)NC(C(C)C)C1=O. The van der Waals surface area contributed by atoms with Crippen molar-refractivity contribution in [2.75, 3.05) is 6.54 Å². The molecular weight excluding hydrogens is 204 g/mol. The summed E-state index contributed by atoms with van der Waals surface area (Å²) in [4.78, 5) is 25.1. The van der Waals surface area contributed by atoms with E-state index in [9.17, 15) is 9.59 Å². The molecule has 0 bridgehead atoms. The van der Waals surface area contributed by atoms with Crippen molar-refractivity contribution in [1.29, 1.82) is 0 Å². The monoisotopic (exact) mass is 222 g/mol. The number of hydrogen-bond acceptors (Lipinski definition) is 2. The Hall–Kier alpha value is -1.50. The summed E-state index contributed by atoms with van der Waals surface area (Å²) in [7, 11) is 0. The summed E-state index contributed by atoms with van der Waals surface area (Å²) >= 11 is 0. The number of carbonyl (C=O) groups is 2. The van der Waals surface area contributed by atoms with E-state index >= 15 is 0 Å². The minimum atomic E-state index is -0.720. The molecule has 0 aromatic heterocycles. The Bertz CT molecular complexity index is 353. The van der Waals surface area contributed by atoms with E-state index in [0.717, 1.165) is 0 Å². The van der Waals surface area contributed by atoms with Crippen LogP contribution in [0.25, 0.3) is 0 Å². The molecule has 1 saturated heterocycles. The molecule has 16 heavy (non-hydrogen) atoms. The lowest BCUT2D eigenvalue weighted by atomic mass is 9.95. The molecule has 1 N–H and O–H groups in total. The third-order valence-corrected chi connectivity index (χ3v) is 2.84. The highest BCUT2D eigenvalue weighted by molar-refractivity contribution is 5.95. The number of carbonyl (C=O) groups excluding carboxylic acids is 2. The van der Waals surface area contributed by atoms with Crippen LogP contribution in [-0.4, -0.2) is 34.8 Å². The van der Waals surface area contributed by atoms with Gasteiger partial charge in [0.25, 0.3) is 0 Å². The van der Waals surface area contributed by atoms with E-state index in [-0.39, 0.29) is 24.3 Å². The van der Waals surface area contributed by atoms with Gasteiger partial charge in [-0.1, -0.05) is 19.8 Å². The topological polar surface area (TPSA) is 49.4 Å². The summed E-state index contributed by atoms with van der Waals surface area (Å²) in [5.41, 5.74) is -0.720. The Morgan fingerprint density at radius 2 is 2.06 bits per heavy atom. The van der Waals surface area contributed by atoms with E-state index in [2.05, 4.69) is 11.2 Å². The number of rotatable bonds is 2. The first-order valence-corrected chi connectivity index (χ1v) is 5.38. The molecule has 1 atom stereocenters. The van der Waals surface area contributed by atoms with Crippen LogP contribution in [0.4, 0.5) is 0 Å². The van der Waals surface area contributed by atoms with Crippen molar-refractivity contribution in [3.05, 3.63) is 0 Å². The number of terminal acetylenes is 1. The first-order chi connectivity index (χ1) is 7.29. The minimum Gasteiger partial charge on any atom is -0.343 e. The Labute approximate surface area is 96.4 Å². The number of piperazine rings is 1. The molecule has 88 valence electrons. The molecule has 0 aliphatic carbocycles. The number of hydrogen-bond donors (Lipinski definition) is 1. The second-order valence-corrected chi connectivity index (χ2v) is 4.92. The molecule has 1 heterocycles. The van der Waals surface area contributed by atoms with Gasteiger partial charge in [0.2, 0.25) is 11.8 Å². The molecule has 0 aromatic carbocycles. The maximum Gasteiger partial charge on any atom is 0.247 e. The van der Waals surface area contributed by atoms with Crippen LogP contribution in [0.1, 0.15) is 27.7 Å². The third kappa shape index (κ3) is 2.19. The molecule has 4 nitrogen and oxygen atoms in total. The van der Waals surface area contributed by atoms with E-state index in [1.165, 1.54) is 4.90 Å². The Morgan fingerprint density at radius 3 is 2.50 bits per heavy atom. The summed E-state index contributed by atoms with van der Waals surface area (Å²) in [5, 5.41) is 2.69. The molecule has 4 heteroatoms. The second kappa shape index (κ2) is 4.17. The molecular formula is C12H18N2O2. The maximum atomic E-state index is 12.1. The predicted octanol–water partition coefficient (Wildman–Crippen LogP) is 0.381. The van der Waals surface area contributed by atoms with Gasteiger partial charge in [-0.3, -0.25) is 9.59 Å².